The van der Waals surface area contributed by atoms with E-state index in [2.05, 4.69) is 38.2 Å². The molecule has 2 aromatic rings. The summed E-state index contributed by atoms with van der Waals surface area (Å²) >= 11 is 2.91. The number of aromatic nitrogens is 2. The van der Waals surface area contributed by atoms with Crippen LogP contribution < -0.4 is 4.74 Å². The highest BCUT2D eigenvalue weighted by Gasteiger charge is 2.18. The number of carboxylic acid groups (broad SMARTS) is 2. The standard InChI is InChI=1S/C13H15N3OS2.C2H2O4/c1-16-6-2-4-10(8-16)12-13(15-19-14-12)17-9-11-5-3-7-18-11;3-1(4)2(5)6/h3-5,7H,2,6,8-9H2,1H3;(H,3,4)(H,5,6). The fraction of sp³-hybridized carbons (Fsp3) is 0.333. The molecule has 2 N–H and O–H groups in total. The Bertz CT molecular complexity index is 730. The SMILES string of the molecule is CN1CCC=C(c2nsnc2OCc2cccs2)C1.O=C(O)C(=O)O. The Morgan fingerprint density at radius 3 is 2.68 bits per heavy atom. The zero-order valence-corrected chi connectivity index (χ0v) is 15.0. The van der Waals surface area contributed by atoms with E-state index in [0.717, 1.165) is 25.2 Å². The number of aliphatic carboxylic acids is 2. The van der Waals surface area contributed by atoms with Gasteiger partial charge in [-0.2, -0.15) is 4.37 Å². The van der Waals surface area contributed by atoms with E-state index in [1.807, 2.05) is 6.07 Å². The third-order valence-electron chi connectivity index (χ3n) is 3.22. The minimum Gasteiger partial charge on any atom is -0.473 e. The Labute approximate surface area is 152 Å². The highest BCUT2D eigenvalue weighted by molar-refractivity contribution is 7.09. The van der Waals surface area contributed by atoms with Crippen LogP contribution in [-0.4, -0.2) is 55.9 Å². The van der Waals surface area contributed by atoms with Crippen molar-refractivity contribution in [1.29, 1.82) is 0 Å². The first kappa shape index (κ1) is 19.0. The number of hydrogen-bond donors (Lipinski definition) is 2. The average molecular weight is 383 g/mol. The highest BCUT2D eigenvalue weighted by Crippen LogP contribution is 2.27. The maximum absolute atomic E-state index is 9.10. The second-order valence-corrected chi connectivity index (χ2v) is 6.71. The van der Waals surface area contributed by atoms with E-state index in [9.17, 15) is 0 Å². The molecule has 2 aromatic heterocycles. The summed E-state index contributed by atoms with van der Waals surface area (Å²) in [5.74, 6) is -2.98. The Balaban J connectivity index is 0.000000326. The Morgan fingerprint density at radius 1 is 1.32 bits per heavy atom. The summed E-state index contributed by atoms with van der Waals surface area (Å²) < 4.78 is 14.5. The highest BCUT2D eigenvalue weighted by atomic mass is 32.1. The van der Waals surface area contributed by atoms with Gasteiger partial charge in [0.2, 0.25) is 0 Å². The lowest BCUT2D eigenvalue weighted by atomic mass is 10.1. The van der Waals surface area contributed by atoms with Gasteiger partial charge in [-0.05, 0) is 30.5 Å². The number of thiophene rings is 1. The van der Waals surface area contributed by atoms with Gasteiger partial charge in [-0.15, -0.1) is 15.7 Å². The molecule has 0 radical (unpaired) electrons. The summed E-state index contributed by atoms with van der Waals surface area (Å²) in [6.07, 6.45) is 3.31. The van der Waals surface area contributed by atoms with Crippen molar-refractivity contribution in [3.63, 3.8) is 0 Å². The van der Waals surface area contributed by atoms with Gasteiger partial charge in [-0.3, -0.25) is 0 Å². The Morgan fingerprint density at radius 2 is 2.08 bits per heavy atom. The molecule has 3 heterocycles. The van der Waals surface area contributed by atoms with Gasteiger partial charge in [0.05, 0.1) is 11.7 Å². The number of hydrogen-bond acceptors (Lipinski definition) is 8. The van der Waals surface area contributed by atoms with Crippen molar-refractivity contribution in [2.45, 2.75) is 13.0 Å². The van der Waals surface area contributed by atoms with Gasteiger partial charge in [0.15, 0.2) is 0 Å². The molecule has 1 aliphatic rings. The fourth-order valence-corrected chi connectivity index (χ4v) is 3.22. The van der Waals surface area contributed by atoms with Crippen LogP contribution in [0, 0.1) is 0 Å². The van der Waals surface area contributed by atoms with Gasteiger partial charge in [0, 0.05) is 18.0 Å². The van der Waals surface area contributed by atoms with Gasteiger partial charge in [-0.1, -0.05) is 12.1 Å². The monoisotopic (exact) mass is 383 g/mol. The van der Waals surface area contributed by atoms with Crippen molar-refractivity contribution >= 4 is 40.6 Å². The Kier molecular flexibility index (Phi) is 7.04. The van der Waals surface area contributed by atoms with Crippen LogP contribution in [0.25, 0.3) is 5.57 Å². The summed E-state index contributed by atoms with van der Waals surface area (Å²) in [6.45, 7) is 2.59. The van der Waals surface area contributed by atoms with Crippen molar-refractivity contribution in [3.8, 4) is 5.88 Å². The number of carbonyl (C=O) groups is 2. The largest absolute Gasteiger partial charge is 0.473 e. The summed E-state index contributed by atoms with van der Waals surface area (Å²) in [5.41, 5.74) is 2.14. The number of rotatable bonds is 4. The predicted octanol–water partition coefficient (Wildman–Crippen LogP) is 2.05. The lowest BCUT2D eigenvalue weighted by molar-refractivity contribution is -0.159. The second kappa shape index (κ2) is 9.25. The molecule has 8 nitrogen and oxygen atoms in total. The van der Waals surface area contributed by atoms with Gasteiger partial charge < -0.3 is 19.8 Å². The van der Waals surface area contributed by atoms with Crippen LogP contribution in [0.2, 0.25) is 0 Å². The van der Waals surface area contributed by atoms with Gasteiger partial charge in [0.25, 0.3) is 5.88 Å². The molecule has 3 rings (SSSR count). The third kappa shape index (κ3) is 5.93. The Hall–Kier alpha value is -2.30. The van der Waals surface area contributed by atoms with Crippen molar-refractivity contribution in [1.82, 2.24) is 13.6 Å². The first-order valence-corrected chi connectivity index (χ1v) is 8.90. The molecule has 134 valence electrons. The van der Waals surface area contributed by atoms with Crippen LogP contribution in [0.3, 0.4) is 0 Å². The molecule has 0 atom stereocenters. The number of carboxylic acids is 2. The van der Waals surface area contributed by atoms with Crippen LogP contribution in [0.15, 0.2) is 23.6 Å². The second-order valence-electron chi connectivity index (χ2n) is 5.15. The molecular formula is C15H17N3O5S2. The molecule has 10 heteroatoms. The first-order chi connectivity index (χ1) is 12.0. The van der Waals surface area contributed by atoms with Crippen molar-refractivity contribution < 1.29 is 24.5 Å². The molecule has 1 aliphatic heterocycles. The molecule has 0 unspecified atom stereocenters. The molecule has 0 fully saturated rings. The van der Waals surface area contributed by atoms with Crippen LogP contribution in [-0.2, 0) is 16.2 Å². The zero-order chi connectivity index (χ0) is 18.2. The van der Waals surface area contributed by atoms with E-state index >= 15 is 0 Å². The smallest absolute Gasteiger partial charge is 0.414 e. The number of likely N-dealkylation sites (N-methyl/N-ethyl adjacent to an activating group) is 1. The van der Waals surface area contributed by atoms with Crippen LogP contribution in [0.5, 0.6) is 5.88 Å². The van der Waals surface area contributed by atoms with E-state index in [-0.39, 0.29) is 0 Å². The minimum atomic E-state index is -1.82. The van der Waals surface area contributed by atoms with E-state index in [1.165, 1.54) is 22.2 Å². The summed E-state index contributed by atoms with van der Waals surface area (Å²) in [7, 11) is 2.12. The number of ether oxygens (including phenoxy) is 1. The van der Waals surface area contributed by atoms with E-state index < -0.39 is 11.9 Å². The maximum atomic E-state index is 9.10. The summed E-state index contributed by atoms with van der Waals surface area (Å²) in [6, 6.07) is 4.10. The molecule has 0 aromatic carbocycles. The van der Waals surface area contributed by atoms with Crippen LogP contribution in [0.4, 0.5) is 0 Å². The molecule has 0 saturated heterocycles. The molecule has 25 heavy (non-hydrogen) atoms. The van der Waals surface area contributed by atoms with E-state index in [0.29, 0.717) is 12.5 Å². The lowest BCUT2D eigenvalue weighted by Crippen LogP contribution is -2.25. The summed E-state index contributed by atoms with van der Waals surface area (Å²) in [4.78, 5) is 21.7. The van der Waals surface area contributed by atoms with E-state index in [4.69, 9.17) is 24.5 Å². The predicted molar refractivity (Wildman–Crippen MR) is 93.9 cm³/mol. The fourth-order valence-electron chi connectivity index (χ4n) is 2.07. The van der Waals surface area contributed by atoms with E-state index in [1.54, 1.807) is 11.3 Å². The normalized spacial score (nSPS) is 14.2. The molecule has 0 spiro atoms. The lowest BCUT2D eigenvalue weighted by Gasteiger charge is -2.22. The first-order valence-electron chi connectivity index (χ1n) is 7.29. The molecular weight excluding hydrogens is 366 g/mol. The van der Waals surface area contributed by atoms with Crippen molar-refractivity contribution in [3.05, 3.63) is 34.2 Å². The van der Waals surface area contributed by atoms with Crippen molar-refractivity contribution in [2.75, 3.05) is 20.1 Å². The molecule has 0 amide bonds. The quantitative estimate of drug-likeness (QED) is 0.772. The third-order valence-corrected chi connectivity index (χ3v) is 4.58. The van der Waals surface area contributed by atoms with Gasteiger partial charge in [-0.25, -0.2) is 9.59 Å². The molecule has 0 aliphatic carbocycles. The minimum absolute atomic E-state index is 0.569. The van der Waals surface area contributed by atoms with Gasteiger partial charge in [0.1, 0.15) is 12.3 Å². The molecule has 0 bridgehead atoms. The number of nitrogens with zero attached hydrogens (tertiary/aromatic N) is 3. The maximum Gasteiger partial charge on any atom is 0.414 e. The molecule has 0 saturated carbocycles. The average Bonchev–Trinajstić information content (AvgIpc) is 3.25. The van der Waals surface area contributed by atoms with Crippen LogP contribution >= 0.6 is 23.1 Å². The zero-order valence-electron chi connectivity index (χ0n) is 13.4. The van der Waals surface area contributed by atoms with Crippen LogP contribution in [0.1, 0.15) is 17.0 Å². The van der Waals surface area contributed by atoms with Gasteiger partial charge >= 0.3 is 11.9 Å². The topological polar surface area (TPSA) is 113 Å². The van der Waals surface area contributed by atoms with Crippen molar-refractivity contribution in [2.24, 2.45) is 0 Å². The summed E-state index contributed by atoms with van der Waals surface area (Å²) in [5, 5.41) is 16.8.